The number of hydrogen-bond donors (Lipinski definition) is 1. The van der Waals surface area contributed by atoms with Crippen LogP contribution in [0.15, 0.2) is 42.5 Å². The summed E-state index contributed by atoms with van der Waals surface area (Å²) in [6.07, 6.45) is 4.85. The topological polar surface area (TPSA) is 53.0 Å². The summed E-state index contributed by atoms with van der Waals surface area (Å²) in [6.45, 7) is 3.67. The first-order valence-corrected chi connectivity index (χ1v) is 12.6. The van der Waals surface area contributed by atoms with Crippen molar-refractivity contribution in [1.82, 2.24) is 9.80 Å². The minimum absolute atomic E-state index is 0.00000619. The van der Waals surface area contributed by atoms with Gasteiger partial charge in [0.15, 0.2) is 0 Å². The van der Waals surface area contributed by atoms with Crippen molar-refractivity contribution in [3.63, 3.8) is 0 Å². The Kier molecular flexibility index (Phi) is 6.83. The van der Waals surface area contributed by atoms with Gasteiger partial charge in [0.05, 0.1) is 11.5 Å². The van der Waals surface area contributed by atoms with E-state index in [4.69, 9.17) is 16.3 Å². The van der Waals surface area contributed by atoms with E-state index in [1.54, 1.807) is 0 Å². The number of benzene rings is 2. The van der Waals surface area contributed by atoms with E-state index >= 15 is 0 Å². The number of phenols is 1. The van der Waals surface area contributed by atoms with Gasteiger partial charge in [0.2, 0.25) is 5.91 Å². The molecule has 0 radical (unpaired) electrons. The summed E-state index contributed by atoms with van der Waals surface area (Å²) in [5.41, 5.74) is 1.03. The second kappa shape index (κ2) is 9.84. The summed E-state index contributed by atoms with van der Waals surface area (Å²) >= 11 is 6.20. The molecule has 1 N–H and O–H groups in total. The number of phenolic OH excluding ortho intramolecular Hbond substituents is 1. The van der Waals surface area contributed by atoms with Crippen molar-refractivity contribution in [1.29, 1.82) is 0 Å². The summed E-state index contributed by atoms with van der Waals surface area (Å²) in [5, 5.41) is 10.9. The van der Waals surface area contributed by atoms with Crippen LogP contribution in [0.4, 0.5) is 4.39 Å². The van der Waals surface area contributed by atoms with Gasteiger partial charge in [-0.15, -0.1) is 0 Å². The van der Waals surface area contributed by atoms with Crippen LogP contribution in [-0.4, -0.2) is 53.2 Å². The number of halogens is 2. The van der Waals surface area contributed by atoms with Crippen LogP contribution >= 0.6 is 11.6 Å². The van der Waals surface area contributed by atoms with Gasteiger partial charge in [-0.05, 0) is 80.5 Å². The van der Waals surface area contributed by atoms with Crippen molar-refractivity contribution < 1.29 is 19.0 Å². The molecule has 2 atom stereocenters. The summed E-state index contributed by atoms with van der Waals surface area (Å²) in [7, 11) is 0. The lowest BCUT2D eigenvalue weighted by Gasteiger charge is -2.49. The second-order valence-corrected chi connectivity index (χ2v) is 10.7. The summed E-state index contributed by atoms with van der Waals surface area (Å²) in [6, 6.07) is 11.7. The van der Waals surface area contributed by atoms with Gasteiger partial charge in [-0.1, -0.05) is 23.7 Å². The number of aromatic hydroxyl groups is 1. The Labute approximate surface area is 205 Å². The lowest BCUT2D eigenvalue weighted by Crippen LogP contribution is -2.59. The van der Waals surface area contributed by atoms with Gasteiger partial charge in [-0.3, -0.25) is 9.69 Å². The van der Waals surface area contributed by atoms with Crippen molar-refractivity contribution in [3.8, 4) is 5.75 Å². The molecule has 2 aromatic rings. The van der Waals surface area contributed by atoms with Crippen LogP contribution < -0.4 is 0 Å². The van der Waals surface area contributed by atoms with Crippen molar-refractivity contribution in [2.75, 3.05) is 26.2 Å². The van der Waals surface area contributed by atoms with Crippen LogP contribution in [0.1, 0.15) is 43.2 Å². The molecule has 0 unspecified atom stereocenters. The predicted molar refractivity (Wildman–Crippen MR) is 129 cm³/mol. The van der Waals surface area contributed by atoms with E-state index in [0.29, 0.717) is 49.1 Å². The number of piperidine rings is 2. The first-order valence-electron chi connectivity index (χ1n) is 12.3. The normalized spacial score (nSPS) is 25.8. The number of nitrogens with zero attached hydrogens (tertiary/aromatic N) is 2. The molecule has 1 saturated carbocycles. The Morgan fingerprint density at radius 2 is 2.03 bits per heavy atom. The Bertz CT molecular complexity index is 1050. The highest BCUT2D eigenvalue weighted by Crippen LogP contribution is 2.42. The standard InChI is InChI=1S/C27H32ClFN2O3/c28-22-4-1-3-20(11-22)14-31-16-24(34-17-19-5-6-19)13-27(26(31)33)9-2-10-30(18-27)15-21-12-23(29)7-8-25(21)32/h1,3-4,7-8,11-12,19,24,32H,2,5-6,9-10,13-18H2/t24-,27-/m0/s1. The molecule has 1 spiro atoms. The first-order chi connectivity index (χ1) is 16.4. The average molecular weight is 487 g/mol. The third-order valence-corrected chi connectivity index (χ3v) is 7.64. The quantitative estimate of drug-likeness (QED) is 0.598. The zero-order valence-electron chi connectivity index (χ0n) is 19.4. The number of likely N-dealkylation sites (tertiary alicyclic amines) is 2. The van der Waals surface area contributed by atoms with Gasteiger partial charge in [0.1, 0.15) is 11.6 Å². The molecule has 2 heterocycles. The molecule has 7 heteroatoms. The molecule has 5 rings (SSSR count). The van der Waals surface area contributed by atoms with Crippen molar-refractivity contribution in [2.45, 2.75) is 51.3 Å². The monoisotopic (exact) mass is 486 g/mol. The lowest BCUT2D eigenvalue weighted by atomic mass is 9.72. The highest BCUT2D eigenvalue weighted by molar-refractivity contribution is 6.30. The molecule has 2 aliphatic heterocycles. The molecule has 182 valence electrons. The van der Waals surface area contributed by atoms with E-state index in [1.165, 1.54) is 31.0 Å². The molecular weight excluding hydrogens is 455 g/mol. The Balaban J connectivity index is 1.36. The van der Waals surface area contributed by atoms with Gasteiger partial charge >= 0.3 is 0 Å². The van der Waals surface area contributed by atoms with Crippen LogP contribution in [0, 0.1) is 17.2 Å². The zero-order valence-corrected chi connectivity index (χ0v) is 20.1. The first kappa shape index (κ1) is 23.6. The molecule has 2 saturated heterocycles. The lowest BCUT2D eigenvalue weighted by molar-refractivity contribution is -0.161. The number of ether oxygens (including phenoxy) is 1. The molecule has 1 amide bonds. The predicted octanol–water partition coefficient (Wildman–Crippen LogP) is 4.99. The molecule has 3 aliphatic rings. The van der Waals surface area contributed by atoms with E-state index in [1.807, 2.05) is 29.2 Å². The van der Waals surface area contributed by atoms with E-state index in [0.717, 1.165) is 31.6 Å². The van der Waals surface area contributed by atoms with Gasteiger partial charge in [0.25, 0.3) is 0 Å². The number of carbonyl (C=O) groups excluding carboxylic acids is 1. The molecule has 3 fully saturated rings. The zero-order chi connectivity index (χ0) is 23.7. The van der Waals surface area contributed by atoms with Crippen LogP contribution in [0.2, 0.25) is 5.02 Å². The number of rotatable bonds is 7. The fourth-order valence-corrected chi connectivity index (χ4v) is 5.75. The van der Waals surface area contributed by atoms with Crippen LogP contribution in [0.25, 0.3) is 0 Å². The molecule has 1 aliphatic carbocycles. The number of carbonyl (C=O) groups is 1. The molecule has 5 nitrogen and oxygen atoms in total. The minimum Gasteiger partial charge on any atom is -0.508 e. The van der Waals surface area contributed by atoms with Gasteiger partial charge < -0.3 is 14.7 Å². The van der Waals surface area contributed by atoms with Gasteiger partial charge in [0, 0.05) is 43.4 Å². The highest BCUT2D eigenvalue weighted by Gasteiger charge is 2.49. The SMILES string of the molecule is O=C1N(Cc2cccc(Cl)c2)C[C@@H](OCC2CC2)C[C@]12CCCN(Cc1cc(F)ccc1O)C2. The third kappa shape index (κ3) is 5.40. The molecule has 0 aromatic heterocycles. The van der Waals surface area contributed by atoms with Crippen LogP contribution in [-0.2, 0) is 22.6 Å². The second-order valence-electron chi connectivity index (χ2n) is 10.3. The summed E-state index contributed by atoms with van der Waals surface area (Å²) < 4.78 is 20.1. The third-order valence-electron chi connectivity index (χ3n) is 7.40. The fraction of sp³-hybridized carbons (Fsp3) is 0.519. The van der Waals surface area contributed by atoms with E-state index in [2.05, 4.69) is 4.90 Å². The van der Waals surface area contributed by atoms with Crippen LogP contribution in [0.3, 0.4) is 0 Å². The summed E-state index contributed by atoms with van der Waals surface area (Å²) in [5.74, 6) is 0.541. The van der Waals surface area contributed by atoms with Crippen molar-refractivity contribution in [3.05, 3.63) is 64.4 Å². The van der Waals surface area contributed by atoms with Crippen molar-refractivity contribution in [2.24, 2.45) is 11.3 Å². The van der Waals surface area contributed by atoms with E-state index < -0.39 is 5.41 Å². The maximum atomic E-state index is 13.9. The Morgan fingerprint density at radius 3 is 2.82 bits per heavy atom. The highest BCUT2D eigenvalue weighted by atomic mass is 35.5. The molecule has 0 bridgehead atoms. The minimum atomic E-state index is -0.535. The largest absolute Gasteiger partial charge is 0.508 e. The maximum Gasteiger partial charge on any atom is 0.230 e. The van der Waals surface area contributed by atoms with Crippen LogP contribution in [0.5, 0.6) is 5.75 Å². The average Bonchev–Trinajstić information content (AvgIpc) is 3.63. The number of amides is 1. The molecule has 2 aromatic carbocycles. The molecular formula is C27H32ClFN2O3. The Morgan fingerprint density at radius 1 is 1.18 bits per heavy atom. The fourth-order valence-electron chi connectivity index (χ4n) is 5.54. The number of hydrogen-bond acceptors (Lipinski definition) is 4. The molecule has 34 heavy (non-hydrogen) atoms. The van der Waals surface area contributed by atoms with E-state index in [9.17, 15) is 14.3 Å². The smallest absolute Gasteiger partial charge is 0.230 e. The van der Waals surface area contributed by atoms with Crippen molar-refractivity contribution >= 4 is 17.5 Å². The Hall–Kier alpha value is -2.15. The summed E-state index contributed by atoms with van der Waals surface area (Å²) in [4.78, 5) is 18.0. The van der Waals surface area contributed by atoms with Gasteiger partial charge in [-0.2, -0.15) is 0 Å². The maximum absolute atomic E-state index is 13.9. The van der Waals surface area contributed by atoms with E-state index in [-0.39, 0.29) is 23.6 Å². The van der Waals surface area contributed by atoms with Gasteiger partial charge in [-0.25, -0.2) is 4.39 Å².